The fraction of sp³-hybridized carbons (Fsp3) is 0.160. The summed E-state index contributed by atoms with van der Waals surface area (Å²) >= 11 is 0. The number of fused-ring (bicyclic) bond motifs is 1. The van der Waals surface area contributed by atoms with Crippen molar-refractivity contribution in [3.05, 3.63) is 87.5 Å². The highest BCUT2D eigenvalue weighted by atomic mass is 16.5. The molecule has 10 heteroatoms. The lowest BCUT2D eigenvalue weighted by molar-refractivity contribution is 0.102. The maximum Gasteiger partial charge on any atom is 0.263 e. The Kier molecular flexibility index (Phi) is 5.40. The summed E-state index contributed by atoms with van der Waals surface area (Å²) in [6.07, 6.45) is 1.49. The zero-order chi connectivity index (χ0) is 24.7. The van der Waals surface area contributed by atoms with Gasteiger partial charge in [-0.2, -0.15) is 19.9 Å². The van der Waals surface area contributed by atoms with Crippen molar-refractivity contribution >= 4 is 22.8 Å². The molecule has 10 nitrogen and oxygen atoms in total. The molecule has 2 N–H and O–H groups in total. The SMILES string of the molecule is COc1ccc(C(=O)Nc2cc(C)nn2-c2nc3c(cnn3-c3cccc(C)c3C)c(=O)[nH]2)cc1. The third kappa shape index (κ3) is 3.95. The molecule has 176 valence electrons. The van der Waals surface area contributed by atoms with Crippen molar-refractivity contribution < 1.29 is 9.53 Å². The highest BCUT2D eigenvalue weighted by molar-refractivity contribution is 6.04. The Balaban J connectivity index is 1.58. The van der Waals surface area contributed by atoms with Crippen LogP contribution in [0.2, 0.25) is 0 Å². The topological polar surface area (TPSA) is 120 Å². The lowest BCUT2D eigenvalue weighted by atomic mass is 10.1. The van der Waals surface area contributed by atoms with E-state index in [0.717, 1.165) is 16.8 Å². The van der Waals surface area contributed by atoms with Gasteiger partial charge in [0.2, 0.25) is 5.95 Å². The molecule has 0 unspecified atom stereocenters. The minimum atomic E-state index is -0.359. The van der Waals surface area contributed by atoms with Gasteiger partial charge in [-0.05, 0) is 62.2 Å². The Morgan fingerprint density at radius 2 is 1.83 bits per heavy atom. The molecule has 2 aromatic carbocycles. The summed E-state index contributed by atoms with van der Waals surface area (Å²) in [5, 5.41) is 12.1. The monoisotopic (exact) mass is 469 g/mol. The average Bonchev–Trinajstić information content (AvgIpc) is 3.44. The summed E-state index contributed by atoms with van der Waals surface area (Å²) in [6.45, 7) is 5.80. The quantitative estimate of drug-likeness (QED) is 0.407. The van der Waals surface area contributed by atoms with Crippen LogP contribution in [0.15, 0.2) is 59.5 Å². The normalized spacial score (nSPS) is 11.1. The molecule has 1 amide bonds. The van der Waals surface area contributed by atoms with Gasteiger partial charge in [0.05, 0.1) is 24.7 Å². The van der Waals surface area contributed by atoms with Gasteiger partial charge in [-0.15, -0.1) is 0 Å². The second kappa shape index (κ2) is 8.56. The van der Waals surface area contributed by atoms with Crippen molar-refractivity contribution in [2.24, 2.45) is 0 Å². The summed E-state index contributed by atoms with van der Waals surface area (Å²) in [5.74, 6) is 0.840. The molecule has 0 spiro atoms. The number of methoxy groups -OCH3 is 1. The van der Waals surface area contributed by atoms with E-state index in [1.54, 1.807) is 49.0 Å². The van der Waals surface area contributed by atoms with Crippen molar-refractivity contribution in [3.63, 3.8) is 0 Å². The van der Waals surface area contributed by atoms with Gasteiger partial charge < -0.3 is 10.1 Å². The first kappa shape index (κ1) is 22.1. The van der Waals surface area contributed by atoms with Gasteiger partial charge in [0.25, 0.3) is 11.5 Å². The van der Waals surface area contributed by atoms with Crippen LogP contribution >= 0.6 is 0 Å². The van der Waals surface area contributed by atoms with Gasteiger partial charge in [0, 0.05) is 11.6 Å². The Bertz CT molecular complexity index is 1630. The predicted octanol–water partition coefficient (Wildman–Crippen LogP) is 3.48. The first-order valence-corrected chi connectivity index (χ1v) is 10.9. The van der Waals surface area contributed by atoms with Crippen molar-refractivity contribution in [2.75, 3.05) is 12.4 Å². The highest BCUT2D eigenvalue weighted by Crippen LogP contribution is 2.22. The van der Waals surface area contributed by atoms with Gasteiger partial charge in [0.1, 0.15) is 17.0 Å². The van der Waals surface area contributed by atoms with Crippen LogP contribution < -0.4 is 15.6 Å². The van der Waals surface area contributed by atoms with Crippen molar-refractivity contribution in [1.82, 2.24) is 29.5 Å². The number of aryl methyl sites for hydroxylation is 2. The molecule has 0 aliphatic heterocycles. The third-order valence-corrected chi connectivity index (χ3v) is 5.86. The second-order valence-corrected chi connectivity index (χ2v) is 8.17. The molecule has 5 rings (SSSR count). The average molecular weight is 470 g/mol. The minimum Gasteiger partial charge on any atom is -0.497 e. The summed E-state index contributed by atoms with van der Waals surface area (Å²) in [7, 11) is 1.56. The largest absolute Gasteiger partial charge is 0.497 e. The number of hydrogen-bond donors (Lipinski definition) is 2. The molecule has 3 aromatic heterocycles. The number of hydrogen-bond acceptors (Lipinski definition) is 6. The molecule has 0 fully saturated rings. The van der Waals surface area contributed by atoms with E-state index in [2.05, 4.69) is 25.5 Å². The van der Waals surface area contributed by atoms with Crippen LogP contribution in [0.3, 0.4) is 0 Å². The highest BCUT2D eigenvalue weighted by Gasteiger charge is 2.18. The third-order valence-electron chi connectivity index (χ3n) is 5.86. The number of benzene rings is 2. The molecule has 0 saturated carbocycles. The molecule has 35 heavy (non-hydrogen) atoms. The predicted molar refractivity (Wildman–Crippen MR) is 132 cm³/mol. The van der Waals surface area contributed by atoms with Crippen LogP contribution in [-0.4, -0.2) is 42.5 Å². The zero-order valence-electron chi connectivity index (χ0n) is 19.7. The van der Waals surface area contributed by atoms with Crippen LogP contribution in [0.1, 0.15) is 27.2 Å². The standard InChI is InChI=1S/C25H23N7O3/c1-14-6-5-7-20(16(14)3)31-22-19(13-26-31)24(34)29-25(28-22)32-21(12-15(2)30-32)27-23(33)17-8-10-18(35-4)11-9-17/h5-13H,1-4H3,(H,27,33)(H,28,29,34). The molecule has 0 radical (unpaired) electrons. The van der Waals surface area contributed by atoms with E-state index < -0.39 is 0 Å². The number of rotatable bonds is 5. The zero-order valence-corrected chi connectivity index (χ0v) is 19.7. The fourth-order valence-corrected chi connectivity index (χ4v) is 3.83. The Morgan fingerprint density at radius 1 is 1.06 bits per heavy atom. The number of carbonyl (C=O) groups is 1. The summed E-state index contributed by atoms with van der Waals surface area (Å²) < 4.78 is 8.19. The van der Waals surface area contributed by atoms with Gasteiger partial charge in [0.15, 0.2) is 5.65 Å². The molecule has 0 bridgehead atoms. The summed E-state index contributed by atoms with van der Waals surface area (Å²) in [4.78, 5) is 33.2. The van der Waals surface area contributed by atoms with Crippen LogP contribution in [0, 0.1) is 20.8 Å². The van der Waals surface area contributed by atoms with Crippen molar-refractivity contribution in [1.29, 1.82) is 0 Å². The smallest absolute Gasteiger partial charge is 0.263 e. The van der Waals surface area contributed by atoms with E-state index in [0.29, 0.717) is 33.9 Å². The number of carbonyl (C=O) groups excluding carboxylic acids is 1. The summed E-state index contributed by atoms with van der Waals surface area (Å²) in [6, 6.07) is 14.3. The molecule has 5 aromatic rings. The van der Waals surface area contributed by atoms with E-state index in [4.69, 9.17) is 4.74 Å². The van der Waals surface area contributed by atoms with Gasteiger partial charge in [-0.3, -0.25) is 14.6 Å². The maximum absolute atomic E-state index is 12.9. The lowest BCUT2D eigenvalue weighted by Gasteiger charge is -2.11. The fourth-order valence-electron chi connectivity index (χ4n) is 3.83. The van der Waals surface area contributed by atoms with E-state index >= 15 is 0 Å². The van der Waals surface area contributed by atoms with Gasteiger partial charge in [-0.1, -0.05) is 12.1 Å². The van der Waals surface area contributed by atoms with Gasteiger partial charge >= 0.3 is 0 Å². The number of aromatic nitrogens is 6. The number of aromatic amines is 1. The van der Waals surface area contributed by atoms with Crippen molar-refractivity contribution in [3.8, 4) is 17.4 Å². The molecular formula is C25H23N7O3. The first-order valence-electron chi connectivity index (χ1n) is 10.9. The van der Waals surface area contributed by atoms with E-state index in [1.807, 2.05) is 32.0 Å². The van der Waals surface area contributed by atoms with Gasteiger partial charge in [-0.25, -0.2) is 4.68 Å². The van der Waals surface area contributed by atoms with Crippen LogP contribution in [0.4, 0.5) is 5.82 Å². The number of amides is 1. The maximum atomic E-state index is 12.9. The van der Waals surface area contributed by atoms with E-state index in [9.17, 15) is 9.59 Å². The summed E-state index contributed by atoms with van der Waals surface area (Å²) in [5.41, 5.74) is 4.07. The number of ether oxygens (including phenoxy) is 1. The molecule has 3 heterocycles. The molecule has 0 atom stereocenters. The first-order chi connectivity index (χ1) is 16.9. The Labute approximate surface area is 200 Å². The van der Waals surface area contributed by atoms with E-state index in [1.165, 1.54) is 10.9 Å². The molecule has 0 aliphatic rings. The Morgan fingerprint density at radius 3 is 2.57 bits per heavy atom. The van der Waals surface area contributed by atoms with Crippen LogP contribution in [-0.2, 0) is 0 Å². The number of anilines is 1. The molecule has 0 aliphatic carbocycles. The minimum absolute atomic E-state index is 0.160. The number of nitrogens with zero attached hydrogens (tertiary/aromatic N) is 5. The molecule has 0 saturated heterocycles. The molecular weight excluding hydrogens is 446 g/mol. The van der Waals surface area contributed by atoms with E-state index in [-0.39, 0.29) is 17.4 Å². The number of H-pyrrole nitrogens is 1. The van der Waals surface area contributed by atoms with Crippen LogP contribution in [0.25, 0.3) is 22.7 Å². The lowest BCUT2D eigenvalue weighted by Crippen LogP contribution is -2.19. The van der Waals surface area contributed by atoms with Crippen LogP contribution in [0.5, 0.6) is 5.75 Å². The second-order valence-electron chi connectivity index (χ2n) is 8.17. The number of nitrogens with one attached hydrogen (secondary N) is 2. The Hall–Kier alpha value is -4.73. The van der Waals surface area contributed by atoms with Crippen molar-refractivity contribution in [2.45, 2.75) is 20.8 Å².